The van der Waals surface area contributed by atoms with Crippen molar-refractivity contribution in [2.24, 2.45) is 0 Å². The summed E-state index contributed by atoms with van der Waals surface area (Å²) in [6, 6.07) is 8.51. The van der Waals surface area contributed by atoms with E-state index in [2.05, 4.69) is 19.2 Å². The van der Waals surface area contributed by atoms with Crippen LogP contribution in [0.4, 0.5) is 0 Å². The van der Waals surface area contributed by atoms with Gasteiger partial charge in [-0.1, -0.05) is 6.92 Å². The second-order valence-electron chi connectivity index (χ2n) is 4.94. The van der Waals surface area contributed by atoms with Crippen molar-refractivity contribution in [2.45, 2.75) is 45.3 Å². The molecule has 1 aromatic carbocycles. The molecule has 1 aliphatic heterocycles. The van der Waals surface area contributed by atoms with Crippen molar-refractivity contribution < 1.29 is 9.47 Å². The predicted molar refractivity (Wildman–Crippen MR) is 73.3 cm³/mol. The molecule has 18 heavy (non-hydrogen) atoms. The van der Waals surface area contributed by atoms with Crippen LogP contribution in [-0.2, 0) is 0 Å². The summed E-state index contributed by atoms with van der Waals surface area (Å²) >= 11 is 0. The quantitative estimate of drug-likeness (QED) is 0.870. The molecule has 0 saturated carbocycles. The van der Waals surface area contributed by atoms with Gasteiger partial charge < -0.3 is 14.8 Å². The normalized spacial score (nSPS) is 23.7. The Morgan fingerprint density at radius 1 is 1.22 bits per heavy atom. The fourth-order valence-corrected chi connectivity index (χ4v) is 2.22. The van der Waals surface area contributed by atoms with E-state index in [1.54, 1.807) is 0 Å². The molecule has 0 amide bonds. The summed E-state index contributed by atoms with van der Waals surface area (Å²) < 4.78 is 11.5. The van der Waals surface area contributed by atoms with Crippen LogP contribution in [0.5, 0.6) is 11.5 Å². The van der Waals surface area contributed by atoms with E-state index in [1.165, 1.54) is 0 Å². The molecule has 1 fully saturated rings. The minimum atomic E-state index is 0.337. The van der Waals surface area contributed by atoms with Crippen molar-refractivity contribution in [3.63, 3.8) is 0 Å². The zero-order valence-corrected chi connectivity index (χ0v) is 11.3. The topological polar surface area (TPSA) is 30.5 Å². The Hall–Kier alpha value is -1.22. The molecule has 1 saturated heterocycles. The van der Waals surface area contributed by atoms with Gasteiger partial charge in [0.15, 0.2) is 0 Å². The predicted octanol–water partition coefficient (Wildman–Crippen LogP) is 2.99. The molecule has 0 spiro atoms. The minimum Gasteiger partial charge on any atom is -0.494 e. The summed E-state index contributed by atoms with van der Waals surface area (Å²) in [5, 5.41) is 3.43. The molecule has 100 valence electrons. The van der Waals surface area contributed by atoms with Crippen molar-refractivity contribution in [3.8, 4) is 11.5 Å². The first kappa shape index (κ1) is 13.2. The fourth-order valence-electron chi connectivity index (χ4n) is 2.22. The first-order chi connectivity index (χ1) is 8.78. The van der Waals surface area contributed by atoms with Gasteiger partial charge in [0.05, 0.1) is 6.61 Å². The first-order valence-electron chi connectivity index (χ1n) is 6.91. The lowest BCUT2D eigenvalue weighted by Crippen LogP contribution is -2.40. The van der Waals surface area contributed by atoms with E-state index in [0.29, 0.717) is 12.1 Å². The number of ether oxygens (including phenoxy) is 2. The summed E-state index contributed by atoms with van der Waals surface area (Å²) in [6.07, 6.45) is 3.53. The van der Waals surface area contributed by atoms with Gasteiger partial charge in [0.1, 0.15) is 17.6 Å². The molecule has 1 aliphatic rings. The zero-order valence-electron chi connectivity index (χ0n) is 11.3. The van der Waals surface area contributed by atoms with Gasteiger partial charge in [-0.2, -0.15) is 0 Å². The molecule has 2 unspecified atom stereocenters. The summed E-state index contributed by atoms with van der Waals surface area (Å²) in [4.78, 5) is 0. The maximum Gasteiger partial charge on any atom is 0.119 e. The van der Waals surface area contributed by atoms with Gasteiger partial charge in [-0.05, 0) is 57.0 Å². The molecular weight excluding hydrogens is 226 g/mol. The van der Waals surface area contributed by atoms with Gasteiger partial charge in [-0.25, -0.2) is 0 Å². The lowest BCUT2D eigenvalue weighted by atomic mass is 10.0. The van der Waals surface area contributed by atoms with E-state index in [4.69, 9.17) is 9.47 Å². The number of nitrogens with one attached hydrogen (secondary N) is 1. The lowest BCUT2D eigenvalue weighted by Gasteiger charge is -2.28. The second kappa shape index (κ2) is 6.64. The van der Waals surface area contributed by atoms with E-state index >= 15 is 0 Å². The number of hydrogen-bond acceptors (Lipinski definition) is 3. The standard InChI is InChI=1S/C15H23NO2/c1-3-10-17-13-4-6-14(7-5-13)18-15-8-9-16-12(2)11-15/h4-7,12,15-16H,3,8-11H2,1-2H3. The second-order valence-corrected chi connectivity index (χ2v) is 4.94. The summed E-state index contributed by atoms with van der Waals surface area (Å²) in [7, 11) is 0. The Balaban J connectivity index is 1.85. The summed E-state index contributed by atoms with van der Waals surface area (Å²) in [5.41, 5.74) is 0. The minimum absolute atomic E-state index is 0.337. The van der Waals surface area contributed by atoms with Crippen LogP contribution >= 0.6 is 0 Å². The SMILES string of the molecule is CCCOc1ccc(OC2CCNC(C)C2)cc1. The molecule has 3 heteroatoms. The maximum atomic E-state index is 5.99. The Morgan fingerprint density at radius 3 is 2.61 bits per heavy atom. The van der Waals surface area contributed by atoms with Gasteiger partial charge in [0.25, 0.3) is 0 Å². The Morgan fingerprint density at radius 2 is 1.94 bits per heavy atom. The average Bonchev–Trinajstić information content (AvgIpc) is 2.38. The maximum absolute atomic E-state index is 5.99. The van der Waals surface area contributed by atoms with E-state index in [1.807, 2.05) is 24.3 Å². The van der Waals surface area contributed by atoms with Crippen LogP contribution in [0, 0.1) is 0 Å². The molecule has 0 radical (unpaired) electrons. The van der Waals surface area contributed by atoms with Crippen molar-refractivity contribution in [3.05, 3.63) is 24.3 Å². The van der Waals surface area contributed by atoms with Crippen LogP contribution in [-0.4, -0.2) is 25.3 Å². The van der Waals surface area contributed by atoms with Gasteiger partial charge in [-0.3, -0.25) is 0 Å². The highest BCUT2D eigenvalue weighted by atomic mass is 16.5. The monoisotopic (exact) mass is 249 g/mol. The Kier molecular flexibility index (Phi) is 4.88. The molecule has 1 N–H and O–H groups in total. The average molecular weight is 249 g/mol. The Labute approximate surface area is 109 Å². The highest BCUT2D eigenvalue weighted by Gasteiger charge is 2.19. The molecule has 2 atom stereocenters. The molecule has 0 aliphatic carbocycles. The van der Waals surface area contributed by atoms with Crippen LogP contribution in [0.1, 0.15) is 33.1 Å². The molecule has 0 bridgehead atoms. The van der Waals surface area contributed by atoms with Crippen molar-refractivity contribution >= 4 is 0 Å². The third kappa shape index (κ3) is 3.91. The van der Waals surface area contributed by atoms with E-state index in [9.17, 15) is 0 Å². The largest absolute Gasteiger partial charge is 0.494 e. The third-order valence-corrected chi connectivity index (χ3v) is 3.17. The van der Waals surface area contributed by atoms with Crippen LogP contribution in [0.15, 0.2) is 24.3 Å². The molecule has 1 aromatic rings. The molecule has 1 heterocycles. The smallest absolute Gasteiger partial charge is 0.119 e. The molecule has 2 rings (SSSR count). The van der Waals surface area contributed by atoms with Crippen molar-refractivity contribution in [1.29, 1.82) is 0 Å². The molecular formula is C15H23NO2. The summed E-state index contributed by atoms with van der Waals surface area (Å²) in [5.74, 6) is 1.86. The highest BCUT2D eigenvalue weighted by Crippen LogP contribution is 2.21. The summed E-state index contributed by atoms with van der Waals surface area (Å²) in [6.45, 7) is 6.13. The van der Waals surface area contributed by atoms with Crippen LogP contribution in [0.25, 0.3) is 0 Å². The van der Waals surface area contributed by atoms with Gasteiger partial charge in [0, 0.05) is 6.04 Å². The zero-order chi connectivity index (χ0) is 12.8. The number of piperidine rings is 1. The van der Waals surface area contributed by atoms with Crippen molar-refractivity contribution in [2.75, 3.05) is 13.2 Å². The van der Waals surface area contributed by atoms with Crippen LogP contribution < -0.4 is 14.8 Å². The fraction of sp³-hybridized carbons (Fsp3) is 0.600. The molecule has 0 aromatic heterocycles. The van der Waals surface area contributed by atoms with E-state index in [0.717, 1.165) is 43.9 Å². The third-order valence-electron chi connectivity index (χ3n) is 3.17. The highest BCUT2D eigenvalue weighted by molar-refractivity contribution is 5.31. The molecule has 3 nitrogen and oxygen atoms in total. The number of rotatable bonds is 5. The van der Waals surface area contributed by atoms with Crippen LogP contribution in [0.3, 0.4) is 0 Å². The van der Waals surface area contributed by atoms with Gasteiger partial charge in [-0.15, -0.1) is 0 Å². The van der Waals surface area contributed by atoms with Gasteiger partial charge in [0.2, 0.25) is 0 Å². The first-order valence-corrected chi connectivity index (χ1v) is 6.91. The Bertz CT molecular complexity index is 350. The van der Waals surface area contributed by atoms with Crippen molar-refractivity contribution in [1.82, 2.24) is 5.32 Å². The number of hydrogen-bond donors (Lipinski definition) is 1. The van der Waals surface area contributed by atoms with E-state index < -0.39 is 0 Å². The lowest BCUT2D eigenvalue weighted by molar-refractivity contribution is 0.144. The number of benzene rings is 1. The van der Waals surface area contributed by atoms with Crippen LogP contribution in [0.2, 0.25) is 0 Å². The van der Waals surface area contributed by atoms with E-state index in [-0.39, 0.29) is 0 Å². The van der Waals surface area contributed by atoms with Gasteiger partial charge >= 0.3 is 0 Å².